The predicted octanol–water partition coefficient (Wildman–Crippen LogP) is 2.52. The summed E-state index contributed by atoms with van der Waals surface area (Å²) < 4.78 is 11.5. The molecule has 2 N–H and O–H groups in total. The van der Waals surface area contributed by atoms with Crippen molar-refractivity contribution in [1.29, 1.82) is 0 Å². The van der Waals surface area contributed by atoms with Crippen molar-refractivity contribution in [2.75, 3.05) is 12.3 Å². The summed E-state index contributed by atoms with van der Waals surface area (Å²) >= 11 is 3.35. The molecule has 0 saturated carbocycles. The van der Waals surface area contributed by atoms with E-state index < -0.39 is 0 Å². The highest BCUT2D eigenvalue weighted by atomic mass is 79.9. The van der Waals surface area contributed by atoms with E-state index in [0.29, 0.717) is 11.9 Å². The Kier molecular flexibility index (Phi) is 3.64. The minimum atomic E-state index is 0.372. The quantitative estimate of drug-likeness (QED) is 0.920. The molecule has 1 aliphatic heterocycles. The fourth-order valence-corrected chi connectivity index (χ4v) is 2.15. The van der Waals surface area contributed by atoms with E-state index in [9.17, 15) is 0 Å². The van der Waals surface area contributed by atoms with Gasteiger partial charge >= 0.3 is 0 Å². The summed E-state index contributed by atoms with van der Waals surface area (Å²) in [7, 11) is 0. The van der Waals surface area contributed by atoms with Crippen molar-refractivity contribution in [1.82, 2.24) is 5.16 Å². The van der Waals surface area contributed by atoms with E-state index in [1.54, 1.807) is 0 Å². The average Bonchev–Trinajstić information content (AvgIpc) is 2.59. The summed E-state index contributed by atoms with van der Waals surface area (Å²) in [5.74, 6) is 1.25. The van der Waals surface area contributed by atoms with Crippen LogP contribution in [0.25, 0.3) is 0 Å². The molecule has 0 amide bonds. The number of aryl methyl sites for hydroxylation is 1. The van der Waals surface area contributed by atoms with Crippen LogP contribution in [0, 0.1) is 0 Å². The van der Waals surface area contributed by atoms with E-state index in [-0.39, 0.29) is 0 Å². The summed E-state index contributed by atoms with van der Waals surface area (Å²) in [5, 5.41) is 3.69. The normalized spacial score (nSPS) is 21.8. The number of nitrogen functional groups attached to an aromatic ring is 1. The zero-order valence-corrected chi connectivity index (χ0v) is 10.1. The Bertz CT molecular complexity index is 321. The van der Waals surface area contributed by atoms with Gasteiger partial charge in [-0.2, -0.15) is 0 Å². The molecular formula is C10H15BrN2O2. The van der Waals surface area contributed by atoms with Gasteiger partial charge in [-0.3, -0.25) is 0 Å². The smallest absolute Gasteiger partial charge is 0.181 e. The molecule has 2 rings (SSSR count). The SMILES string of the molecule is Nc1noc(CCC2CCCCO2)c1Br. The van der Waals surface area contributed by atoms with Crippen molar-refractivity contribution in [3.05, 3.63) is 10.2 Å². The molecule has 1 unspecified atom stereocenters. The maximum atomic E-state index is 5.64. The highest BCUT2D eigenvalue weighted by Gasteiger charge is 2.17. The third-order valence-corrected chi connectivity index (χ3v) is 3.54. The molecule has 1 aromatic heterocycles. The minimum Gasteiger partial charge on any atom is -0.380 e. The summed E-state index contributed by atoms with van der Waals surface area (Å²) in [5.41, 5.74) is 5.57. The number of halogens is 1. The van der Waals surface area contributed by atoms with E-state index in [2.05, 4.69) is 21.1 Å². The van der Waals surface area contributed by atoms with Gasteiger partial charge in [-0.1, -0.05) is 5.16 Å². The number of anilines is 1. The first-order valence-electron chi connectivity index (χ1n) is 5.28. The number of nitrogens with zero attached hydrogens (tertiary/aromatic N) is 1. The third-order valence-electron chi connectivity index (χ3n) is 2.69. The highest BCUT2D eigenvalue weighted by Crippen LogP contribution is 2.26. The lowest BCUT2D eigenvalue weighted by atomic mass is 10.0. The number of ether oxygens (including phenoxy) is 1. The summed E-state index contributed by atoms with van der Waals surface area (Å²) in [6.45, 7) is 0.893. The van der Waals surface area contributed by atoms with Gasteiger partial charge in [-0.25, -0.2) is 0 Å². The molecule has 1 aromatic rings. The largest absolute Gasteiger partial charge is 0.380 e. The molecule has 1 fully saturated rings. The number of nitrogens with two attached hydrogens (primary N) is 1. The first kappa shape index (κ1) is 11.0. The van der Waals surface area contributed by atoms with Crippen LogP contribution >= 0.6 is 15.9 Å². The third kappa shape index (κ3) is 2.72. The van der Waals surface area contributed by atoms with Crippen LogP contribution in [0.2, 0.25) is 0 Å². The molecule has 15 heavy (non-hydrogen) atoms. The lowest BCUT2D eigenvalue weighted by Gasteiger charge is -2.21. The first-order chi connectivity index (χ1) is 7.27. The maximum absolute atomic E-state index is 5.64. The van der Waals surface area contributed by atoms with Crippen molar-refractivity contribution in [2.24, 2.45) is 0 Å². The predicted molar refractivity (Wildman–Crippen MR) is 60.5 cm³/mol. The van der Waals surface area contributed by atoms with Crippen molar-refractivity contribution in [2.45, 2.75) is 38.2 Å². The number of hydrogen-bond donors (Lipinski definition) is 1. The Labute approximate surface area is 97.3 Å². The van der Waals surface area contributed by atoms with Crippen molar-refractivity contribution >= 4 is 21.7 Å². The molecule has 0 aromatic carbocycles. The van der Waals surface area contributed by atoms with Crippen molar-refractivity contribution in [3.8, 4) is 0 Å². The molecule has 2 heterocycles. The Morgan fingerprint density at radius 2 is 2.33 bits per heavy atom. The van der Waals surface area contributed by atoms with Crippen LogP contribution in [0.1, 0.15) is 31.4 Å². The van der Waals surface area contributed by atoms with Crippen molar-refractivity contribution in [3.63, 3.8) is 0 Å². The Hall–Kier alpha value is -0.550. The van der Waals surface area contributed by atoms with Gasteiger partial charge in [0.15, 0.2) is 11.6 Å². The molecule has 1 atom stereocenters. The Morgan fingerprint density at radius 3 is 2.93 bits per heavy atom. The van der Waals surface area contributed by atoms with Gasteiger partial charge in [0.05, 0.1) is 6.10 Å². The zero-order valence-electron chi connectivity index (χ0n) is 8.54. The second-order valence-corrected chi connectivity index (χ2v) is 4.63. The van der Waals surface area contributed by atoms with E-state index in [4.69, 9.17) is 15.0 Å². The molecule has 84 valence electrons. The summed E-state index contributed by atoms with van der Waals surface area (Å²) in [4.78, 5) is 0. The highest BCUT2D eigenvalue weighted by molar-refractivity contribution is 9.10. The standard InChI is InChI=1S/C10H15BrN2O2/c11-9-8(15-13-10(9)12)5-4-7-3-1-2-6-14-7/h7H,1-6H2,(H2,12,13). The topological polar surface area (TPSA) is 61.3 Å². The lowest BCUT2D eigenvalue weighted by molar-refractivity contribution is 0.0106. The first-order valence-corrected chi connectivity index (χ1v) is 6.08. The van der Waals surface area contributed by atoms with E-state index in [1.165, 1.54) is 12.8 Å². The van der Waals surface area contributed by atoms with Gasteiger partial charge in [0.1, 0.15) is 4.47 Å². The van der Waals surface area contributed by atoms with E-state index in [1.807, 2.05) is 0 Å². The summed E-state index contributed by atoms with van der Waals surface area (Å²) in [6, 6.07) is 0. The molecule has 4 nitrogen and oxygen atoms in total. The molecule has 5 heteroatoms. The molecule has 1 saturated heterocycles. The second kappa shape index (κ2) is 4.99. The van der Waals surface area contributed by atoms with Gasteiger partial charge < -0.3 is 15.0 Å². The fourth-order valence-electron chi connectivity index (χ4n) is 1.81. The number of rotatable bonds is 3. The van der Waals surface area contributed by atoms with Gasteiger partial charge in [-0.15, -0.1) is 0 Å². The van der Waals surface area contributed by atoms with E-state index in [0.717, 1.165) is 36.1 Å². The van der Waals surface area contributed by atoms with Crippen LogP contribution in [0.5, 0.6) is 0 Å². The van der Waals surface area contributed by atoms with Crippen LogP contribution in [0.4, 0.5) is 5.82 Å². The van der Waals surface area contributed by atoms with Gasteiger partial charge in [0.25, 0.3) is 0 Å². The lowest BCUT2D eigenvalue weighted by Crippen LogP contribution is -2.19. The molecular weight excluding hydrogens is 260 g/mol. The Balaban J connectivity index is 1.84. The van der Waals surface area contributed by atoms with Crippen LogP contribution in [-0.4, -0.2) is 17.9 Å². The Morgan fingerprint density at radius 1 is 1.47 bits per heavy atom. The van der Waals surface area contributed by atoms with Gasteiger partial charge in [-0.05, 0) is 41.6 Å². The zero-order chi connectivity index (χ0) is 10.7. The van der Waals surface area contributed by atoms with Crippen LogP contribution in [-0.2, 0) is 11.2 Å². The molecule has 0 radical (unpaired) electrons. The molecule has 0 aliphatic carbocycles. The van der Waals surface area contributed by atoms with Crippen LogP contribution in [0.15, 0.2) is 9.00 Å². The maximum Gasteiger partial charge on any atom is 0.181 e. The minimum absolute atomic E-state index is 0.372. The van der Waals surface area contributed by atoms with Crippen molar-refractivity contribution < 1.29 is 9.26 Å². The second-order valence-electron chi connectivity index (χ2n) is 3.83. The van der Waals surface area contributed by atoms with Crippen LogP contribution < -0.4 is 5.73 Å². The number of hydrogen-bond acceptors (Lipinski definition) is 4. The average molecular weight is 275 g/mol. The van der Waals surface area contributed by atoms with Crippen LogP contribution in [0.3, 0.4) is 0 Å². The molecule has 0 bridgehead atoms. The van der Waals surface area contributed by atoms with E-state index >= 15 is 0 Å². The monoisotopic (exact) mass is 274 g/mol. The summed E-state index contributed by atoms with van der Waals surface area (Å²) in [6.07, 6.45) is 5.79. The number of aromatic nitrogens is 1. The molecule has 1 aliphatic rings. The van der Waals surface area contributed by atoms with Gasteiger partial charge in [0, 0.05) is 13.0 Å². The molecule has 0 spiro atoms. The van der Waals surface area contributed by atoms with Gasteiger partial charge in [0.2, 0.25) is 0 Å². The fraction of sp³-hybridized carbons (Fsp3) is 0.700.